The van der Waals surface area contributed by atoms with Crippen LogP contribution >= 0.6 is 0 Å². The minimum atomic E-state index is -0.551. The van der Waals surface area contributed by atoms with E-state index in [2.05, 4.69) is 5.32 Å². The Morgan fingerprint density at radius 2 is 2.25 bits per heavy atom. The fraction of sp³-hybridized carbons (Fsp3) is 0.500. The van der Waals surface area contributed by atoms with Crippen LogP contribution in [0.25, 0.3) is 0 Å². The lowest BCUT2D eigenvalue weighted by Crippen LogP contribution is -2.22. The van der Waals surface area contributed by atoms with Crippen molar-refractivity contribution in [2.24, 2.45) is 5.92 Å². The zero-order valence-electron chi connectivity index (χ0n) is 9.17. The molecule has 0 spiro atoms. The van der Waals surface area contributed by atoms with E-state index >= 15 is 0 Å². The van der Waals surface area contributed by atoms with E-state index in [0.717, 1.165) is 19.0 Å². The molecule has 0 amide bonds. The Balaban J connectivity index is 2.22. The predicted octanol–water partition coefficient (Wildman–Crippen LogP) is 2.26. The second kappa shape index (κ2) is 4.89. The van der Waals surface area contributed by atoms with Crippen molar-refractivity contribution in [2.75, 3.05) is 20.2 Å². The summed E-state index contributed by atoms with van der Waals surface area (Å²) >= 11 is 0. The maximum absolute atomic E-state index is 13.6. The molecule has 1 heterocycles. The standard InChI is InChI=1S/C12H15F2NO/c1-15-7-8-4-5-16-12(8)10-3-2-9(13)6-11(10)14/h2-3,6,8,12,15H,4-5,7H2,1H3. The highest BCUT2D eigenvalue weighted by atomic mass is 19.1. The maximum Gasteiger partial charge on any atom is 0.131 e. The minimum absolute atomic E-state index is 0.255. The summed E-state index contributed by atoms with van der Waals surface area (Å²) in [7, 11) is 1.86. The molecule has 0 aromatic heterocycles. The van der Waals surface area contributed by atoms with Gasteiger partial charge in [-0.15, -0.1) is 0 Å². The highest BCUT2D eigenvalue weighted by molar-refractivity contribution is 5.22. The maximum atomic E-state index is 13.6. The third kappa shape index (κ3) is 2.23. The molecule has 16 heavy (non-hydrogen) atoms. The van der Waals surface area contributed by atoms with Gasteiger partial charge in [-0.05, 0) is 19.5 Å². The van der Waals surface area contributed by atoms with Crippen LogP contribution in [0.15, 0.2) is 18.2 Å². The third-order valence-corrected chi connectivity index (χ3v) is 2.95. The largest absolute Gasteiger partial charge is 0.373 e. The van der Waals surface area contributed by atoms with E-state index in [1.807, 2.05) is 7.05 Å². The predicted molar refractivity (Wildman–Crippen MR) is 57.1 cm³/mol. The summed E-state index contributed by atoms with van der Waals surface area (Å²) in [6, 6.07) is 3.66. The highest BCUT2D eigenvalue weighted by Gasteiger charge is 2.30. The van der Waals surface area contributed by atoms with Gasteiger partial charge in [0.25, 0.3) is 0 Å². The molecule has 1 aliphatic rings. The van der Waals surface area contributed by atoms with Crippen molar-refractivity contribution in [2.45, 2.75) is 12.5 Å². The molecule has 1 aromatic rings. The number of ether oxygens (including phenoxy) is 1. The molecule has 1 aliphatic heterocycles. The summed E-state index contributed by atoms with van der Waals surface area (Å²) < 4.78 is 31.9. The second-order valence-electron chi connectivity index (χ2n) is 4.06. The smallest absolute Gasteiger partial charge is 0.131 e. The first-order valence-electron chi connectivity index (χ1n) is 5.43. The van der Waals surface area contributed by atoms with Gasteiger partial charge in [-0.25, -0.2) is 8.78 Å². The topological polar surface area (TPSA) is 21.3 Å². The van der Waals surface area contributed by atoms with E-state index in [0.29, 0.717) is 12.2 Å². The van der Waals surface area contributed by atoms with E-state index in [-0.39, 0.29) is 12.0 Å². The SMILES string of the molecule is CNCC1CCOC1c1ccc(F)cc1F. The number of hydrogen-bond acceptors (Lipinski definition) is 2. The fourth-order valence-corrected chi connectivity index (χ4v) is 2.18. The number of benzene rings is 1. The highest BCUT2D eigenvalue weighted by Crippen LogP contribution is 2.35. The Morgan fingerprint density at radius 3 is 2.94 bits per heavy atom. The van der Waals surface area contributed by atoms with Crippen molar-refractivity contribution in [1.29, 1.82) is 0 Å². The molecule has 4 heteroatoms. The molecule has 2 unspecified atom stereocenters. The van der Waals surface area contributed by atoms with E-state index < -0.39 is 11.6 Å². The summed E-state index contributed by atoms with van der Waals surface area (Å²) in [4.78, 5) is 0. The number of halogens is 2. The molecule has 0 saturated carbocycles. The zero-order valence-corrected chi connectivity index (χ0v) is 9.17. The Labute approximate surface area is 93.6 Å². The van der Waals surface area contributed by atoms with Gasteiger partial charge in [-0.3, -0.25) is 0 Å². The normalized spacial score (nSPS) is 24.9. The van der Waals surface area contributed by atoms with Crippen molar-refractivity contribution >= 4 is 0 Å². The van der Waals surface area contributed by atoms with Crippen LogP contribution in [0, 0.1) is 17.6 Å². The molecule has 0 bridgehead atoms. The number of nitrogens with one attached hydrogen (secondary N) is 1. The van der Waals surface area contributed by atoms with Gasteiger partial charge in [0, 0.05) is 30.7 Å². The molecule has 0 aliphatic carbocycles. The molecular weight excluding hydrogens is 212 g/mol. The summed E-state index contributed by atoms with van der Waals surface area (Å²) in [5, 5.41) is 3.06. The zero-order chi connectivity index (χ0) is 11.5. The fourth-order valence-electron chi connectivity index (χ4n) is 2.18. The van der Waals surface area contributed by atoms with Crippen molar-refractivity contribution < 1.29 is 13.5 Å². The van der Waals surface area contributed by atoms with Gasteiger partial charge >= 0.3 is 0 Å². The molecule has 2 nitrogen and oxygen atoms in total. The first-order chi connectivity index (χ1) is 7.72. The first kappa shape index (κ1) is 11.5. The number of rotatable bonds is 3. The van der Waals surface area contributed by atoms with Crippen molar-refractivity contribution in [3.05, 3.63) is 35.4 Å². The lowest BCUT2D eigenvalue weighted by molar-refractivity contribution is 0.0878. The van der Waals surface area contributed by atoms with Crippen LogP contribution in [0.1, 0.15) is 18.1 Å². The molecule has 1 N–H and O–H groups in total. The third-order valence-electron chi connectivity index (χ3n) is 2.95. The quantitative estimate of drug-likeness (QED) is 0.855. The van der Waals surface area contributed by atoms with Crippen LogP contribution in [0.3, 0.4) is 0 Å². The minimum Gasteiger partial charge on any atom is -0.373 e. The summed E-state index contributed by atoms with van der Waals surface area (Å²) in [5.41, 5.74) is 0.458. The van der Waals surface area contributed by atoms with Gasteiger partial charge in [0.2, 0.25) is 0 Å². The lowest BCUT2D eigenvalue weighted by Gasteiger charge is -2.19. The molecule has 1 aromatic carbocycles. The monoisotopic (exact) mass is 227 g/mol. The first-order valence-corrected chi connectivity index (χ1v) is 5.43. The molecule has 1 saturated heterocycles. The van der Waals surface area contributed by atoms with Gasteiger partial charge in [0.1, 0.15) is 11.6 Å². The van der Waals surface area contributed by atoms with Crippen molar-refractivity contribution in [3.63, 3.8) is 0 Å². The van der Waals surface area contributed by atoms with Gasteiger partial charge in [0.05, 0.1) is 6.10 Å². The summed E-state index contributed by atoms with van der Waals surface area (Å²) in [5.74, 6) is -0.817. The molecule has 88 valence electrons. The van der Waals surface area contributed by atoms with Crippen LogP contribution in [0.2, 0.25) is 0 Å². The summed E-state index contributed by atoms with van der Waals surface area (Å²) in [6.07, 6.45) is 0.649. The van der Waals surface area contributed by atoms with Gasteiger partial charge < -0.3 is 10.1 Å². The van der Waals surface area contributed by atoms with Crippen LogP contribution in [0.5, 0.6) is 0 Å². The summed E-state index contributed by atoms with van der Waals surface area (Å²) in [6.45, 7) is 1.41. The molecule has 0 radical (unpaired) electrons. The van der Waals surface area contributed by atoms with Crippen LogP contribution in [-0.2, 0) is 4.74 Å². The van der Waals surface area contributed by atoms with Crippen LogP contribution in [0.4, 0.5) is 8.78 Å². The average molecular weight is 227 g/mol. The van der Waals surface area contributed by atoms with Gasteiger partial charge in [-0.1, -0.05) is 6.07 Å². The average Bonchev–Trinajstić information content (AvgIpc) is 2.67. The molecular formula is C12H15F2NO. The van der Waals surface area contributed by atoms with E-state index in [1.54, 1.807) is 0 Å². The van der Waals surface area contributed by atoms with E-state index in [9.17, 15) is 8.78 Å². The second-order valence-corrected chi connectivity index (χ2v) is 4.06. The van der Waals surface area contributed by atoms with Gasteiger partial charge in [-0.2, -0.15) is 0 Å². The van der Waals surface area contributed by atoms with Crippen molar-refractivity contribution in [3.8, 4) is 0 Å². The van der Waals surface area contributed by atoms with E-state index in [4.69, 9.17) is 4.74 Å². The lowest BCUT2D eigenvalue weighted by atomic mass is 9.95. The van der Waals surface area contributed by atoms with Crippen molar-refractivity contribution in [1.82, 2.24) is 5.32 Å². The molecule has 2 rings (SSSR count). The Hall–Kier alpha value is -1.00. The van der Waals surface area contributed by atoms with Gasteiger partial charge in [0.15, 0.2) is 0 Å². The van der Waals surface area contributed by atoms with E-state index in [1.165, 1.54) is 12.1 Å². The van der Waals surface area contributed by atoms with Crippen LogP contribution in [-0.4, -0.2) is 20.2 Å². The Kier molecular flexibility index (Phi) is 3.51. The number of hydrogen-bond donors (Lipinski definition) is 1. The Bertz CT molecular complexity index is 370. The molecule has 2 atom stereocenters. The Morgan fingerprint density at radius 1 is 1.44 bits per heavy atom. The van der Waals surface area contributed by atoms with Crippen LogP contribution < -0.4 is 5.32 Å². The molecule has 1 fully saturated rings.